The molecule has 0 saturated heterocycles. The lowest BCUT2D eigenvalue weighted by Crippen LogP contribution is -2.44. The number of carbonyl (C=O) groups is 2. The highest BCUT2D eigenvalue weighted by Crippen LogP contribution is 2.62. The minimum absolute atomic E-state index is 0.0502. The number of hydrogen-bond acceptors (Lipinski definition) is 2. The van der Waals surface area contributed by atoms with Crippen LogP contribution in [0.5, 0.6) is 0 Å². The molecule has 19 heavy (non-hydrogen) atoms. The number of nitrogens with one attached hydrogen (secondary N) is 1. The molecule has 7 heteroatoms. The van der Waals surface area contributed by atoms with Crippen molar-refractivity contribution >= 4 is 11.9 Å². The predicted molar refractivity (Wildman–Crippen MR) is 59.2 cm³/mol. The summed E-state index contributed by atoms with van der Waals surface area (Å²) in [7, 11) is 0. The number of carbonyl (C=O) groups excluding carboxylic acids is 1. The van der Waals surface area contributed by atoms with Crippen LogP contribution in [0.25, 0.3) is 0 Å². The Bertz CT molecular complexity index is 388. The van der Waals surface area contributed by atoms with Crippen LogP contribution in [0, 0.1) is 11.3 Å². The summed E-state index contributed by atoms with van der Waals surface area (Å²) in [6.07, 6.45) is -1.55. The van der Waals surface area contributed by atoms with Crippen LogP contribution in [0.15, 0.2) is 0 Å². The van der Waals surface area contributed by atoms with Crippen LogP contribution < -0.4 is 5.32 Å². The molecule has 0 radical (unpaired) electrons. The van der Waals surface area contributed by atoms with Gasteiger partial charge in [-0.2, -0.15) is 13.2 Å². The van der Waals surface area contributed by atoms with E-state index in [1.165, 1.54) is 0 Å². The van der Waals surface area contributed by atoms with Gasteiger partial charge in [-0.3, -0.25) is 4.79 Å². The summed E-state index contributed by atoms with van der Waals surface area (Å²) in [4.78, 5) is 22.6. The SMILES string of the molecule is O=C(O)C(CC(F)(F)F)NC(=O)C1CC12CCCC2. The van der Waals surface area contributed by atoms with Gasteiger partial charge in [0.2, 0.25) is 5.91 Å². The Morgan fingerprint density at radius 3 is 2.37 bits per heavy atom. The number of rotatable bonds is 4. The molecule has 0 bridgehead atoms. The Balaban J connectivity index is 1.91. The molecule has 0 aromatic heterocycles. The number of halogens is 3. The predicted octanol–water partition coefficient (Wildman–Crippen LogP) is 2.09. The van der Waals surface area contributed by atoms with Crippen molar-refractivity contribution in [2.45, 2.75) is 50.7 Å². The van der Waals surface area contributed by atoms with Crippen LogP contribution in [-0.2, 0) is 9.59 Å². The van der Waals surface area contributed by atoms with E-state index in [-0.39, 0.29) is 11.3 Å². The first-order valence-electron chi connectivity index (χ1n) is 6.33. The van der Waals surface area contributed by atoms with Gasteiger partial charge in [0, 0.05) is 5.92 Å². The van der Waals surface area contributed by atoms with Gasteiger partial charge < -0.3 is 10.4 Å². The van der Waals surface area contributed by atoms with E-state index in [0.717, 1.165) is 25.7 Å². The summed E-state index contributed by atoms with van der Waals surface area (Å²) in [5.74, 6) is -2.49. The number of aliphatic carboxylic acids is 1. The smallest absolute Gasteiger partial charge is 0.391 e. The summed E-state index contributed by atoms with van der Waals surface area (Å²) < 4.78 is 36.6. The lowest BCUT2D eigenvalue weighted by atomic mass is 10.0. The van der Waals surface area contributed by atoms with Crippen LogP contribution in [0.3, 0.4) is 0 Å². The normalized spacial score (nSPS) is 26.2. The van der Waals surface area contributed by atoms with Gasteiger partial charge in [0.1, 0.15) is 6.04 Å². The van der Waals surface area contributed by atoms with Crippen molar-refractivity contribution in [1.29, 1.82) is 0 Å². The van der Waals surface area contributed by atoms with E-state index in [1.54, 1.807) is 0 Å². The summed E-state index contributed by atoms with van der Waals surface area (Å²) in [5.41, 5.74) is -0.0502. The van der Waals surface area contributed by atoms with E-state index in [2.05, 4.69) is 0 Å². The average Bonchev–Trinajstić information content (AvgIpc) is 2.74. The van der Waals surface area contributed by atoms with Gasteiger partial charge in [0.25, 0.3) is 0 Å². The molecule has 2 N–H and O–H groups in total. The Morgan fingerprint density at radius 1 is 1.32 bits per heavy atom. The number of alkyl halides is 3. The van der Waals surface area contributed by atoms with Gasteiger partial charge in [-0.1, -0.05) is 12.8 Å². The third kappa shape index (κ3) is 3.19. The molecule has 0 aromatic carbocycles. The third-order valence-electron chi connectivity index (χ3n) is 4.16. The molecular formula is C12H16F3NO3. The molecule has 0 aliphatic heterocycles. The highest BCUT2D eigenvalue weighted by molar-refractivity contribution is 5.87. The first-order valence-corrected chi connectivity index (χ1v) is 6.33. The van der Waals surface area contributed by atoms with Crippen molar-refractivity contribution in [3.63, 3.8) is 0 Å². The van der Waals surface area contributed by atoms with Crippen molar-refractivity contribution < 1.29 is 27.9 Å². The molecule has 108 valence electrons. The standard InChI is InChI=1S/C12H16F3NO3/c13-12(14,15)6-8(10(18)19)16-9(17)7-5-11(7)3-1-2-4-11/h7-8H,1-6H2,(H,16,17)(H,18,19). The maximum atomic E-state index is 12.2. The van der Waals surface area contributed by atoms with Crippen molar-refractivity contribution in [1.82, 2.24) is 5.32 Å². The van der Waals surface area contributed by atoms with Crippen LogP contribution in [-0.4, -0.2) is 29.2 Å². The fourth-order valence-corrected chi connectivity index (χ4v) is 3.05. The molecule has 1 spiro atoms. The fraction of sp³-hybridized carbons (Fsp3) is 0.833. The van der Waals surface area contributed by atoms with Crippen molar-refractivity contribution in [3.05, 3.63) is 0 Å². The van der Waals surface area contributed by atoms with E-state index in [1.807, 2.05) is 5.32 Å². The molecule has 0 heterocycles. The lowest BCUT2D eigenvalue weighted by Gasteiger charge is -2.17. The van der Waals surface area contributed by atoms with E-state index in [0.29, 0.717) is 6.42 Å². The summed E-state index contributed by atoms with van der Waals surface area (Å²) in [5, 5.41) is 10.8. The molecule has 2 unspecified atom stereocenters. The Morgan fingerprint density at radius 2 is 1.89 bits per heavy atom. The quantitative estimate of drug-likeness (QED) is 0.828. The summed E-state index contributed by atoms with van der Waals surface area (Å²) in [6, 6.07) is -1.88. The number of carboxylic acids is 1. The minimum atomic E-state index is -4.61. The van der Waals surface area contributed by atoms with Gasteiger partial charge in [0.15, 0.2) is 0 Å². The molecule has 1 amide bonds. The summed E-state index contributed by atoms with van der Waals surface area (Å²) in [6.45, 7) is 0. The second kappa shape index (κ2) is 4.68. The number of carboxylic acid groups (broad SMARTS) is 1. The van der Waals surface area contributed by atoms with Crippen molar-refractivity contribution in [2.24, 2.45) is 11.3 Å². The molecular weight excluding hydrogens is 263 g/mol. The Kier molecular flexibility index (Phi) is 3.49. The molecule has 2 atom stereocenters. The molecule has 2 saturated carbocycles. The fourth-order valence-electron chi connectivity index (χ4n) is 3.05. The molecule has 2 rings (SSSR count). The minimum Gasteiger partial charge on any atom is -0.480 e. The number of hydrogen-bond donors (Lipinski definition) is 2. The average molecular weight is 279 g/mol. The van der Waals surface area contributed by atoms with Crippen LogP contribution in [0.2, 0.25) is 0 Å². The van der Waals surface area contributed by atoms with Crippen LogP contribution in [0.4, 0.5) is 13.2 Å². The largest absolute Gasteiger partial charge is 0.480 e. The van der Waals surface area contributed by atoms with Crippen molar-refractivity contribution in [2.75, 3.05) is 0 Å². The van der Waals surface area contributed by atoms with Crippen molar-refractivity contribution in [3.8, 4) is 0 Å². The van der Waals surface area contributed by atoms with Crippen LogP contribution in [0.1, 0.15) is 38.5 Å². The lowest BCUT2D eigenvalue weighted by molar-refractivity contribution is -0.160. The first-order chi connectivity index (χ1) is 8.73. The zero-order valence-electron chi connectivity index (χ0n) is 10.3. The van der Waals surface area contributed by atoms with E-state index in [4.69, 9.17) is 5.11 Å². The molecule has 2 fully saturated rings. The second-order valence-electron chi connectivity index (χ2n) is 5.54. The van der Waals surface area contributed by atoms with E-state index in [9.17, 15) is 22.8 Å². The molecule has 2 aliphatic rings. The zero-order chi connectivity index (χ0) is 14.3. The van der Waals surface area contributed by atoms with Gasteiger partial charge >= 0.3 is 12.1 Å². The molecule has 0 aromatic rings. The van der Waals surface area contributed by atoms with E-state index < -0.39 is 30.5 Å². The maximum absolute atomic E-state index is 12.2. The Labute approximate surface area is 108 Å². The van der Waals surface area contributed by atoms with Gasteiger partial charge in [-0.15, -0.1) is 0 Å². The maximum Gasteiger partial charge on any atom is 0.391 e. The summed E-state index contributed by atoms with van der Waals surface area (Å²) >= 11 is 0. The highest BCUT2D eigenvalue weighted by Gasteiger charge is 2.59. The topological polar surface area (TPSA) is 66.4 Å². The zero-order valence-corrected chi connectivity index (χ0v) is 10.3. The monoisotopic (exact) mass is 279 g/mol. The first kappa shape index (κ1) is 14.1. The Hall–Kier alpha value is -1.27. The van der Waals surface area contributed by atoms with Crippen LogP contribution >= 0.6 is 0 Å². The van der Waals surface area contributed by atoms with E-state index >= 15 is 0 Å². The molecule has 2 aliphatic carbocycles. The molecule has 4 nitrogen and oxygen atoms in total. The van der Waals surface area contributed by atoms with Gasteiger partial charge in [0.05, 0.1) is 6.42 Å². The number of amides is 1. The van der Waals surface area contributed by atoms with Gasteiger partial charge in [-0.25, -0.2) is 4.79 Å². The third-order valence-corrected chi connectivity index (χ3v) is 4.16. The highest BCUT2D eigenvalue weighted by atomic mass is 19.4. The second-order valence-corrected chi connectivity index (χ2v) is 5.54. The van der Waals surface area contributed by atoms with Gasteiger partial charge in [-0.05, 0) is 24.7 Å².